The summed E-state index contributed by atoms with van der Waals surface area (Å²) in [6.07, 6.45) is 1.43. The minimum Gasteiger partial charge on any atom is -0.494 e. The Hall–Kier alpha value is -6.31. The van der Waals surface area contributed by atoms with Crippen LogP contribution in [-0.2, 0) is 30.5 Å². The van der Waals surface area contributed by atoms with Gasteiger partial charge in [-0.1, -0.05) is 74.8 Å². The minimum atomic E-state index is -0.961. The van der Waals surface area contributed by atoms with Gasteiger partial charge in [-0.3, -0.25) is 28.7 Å². The number of hydrogen-bond acceptors (Lipinski definition) is 13. The molecule has 2 aliphatic rings. The largest absolute Gasteiger partial charge is 0.494 e. The normalized spacial score (nSPS) is 16.8. The number of likely N-dealkylation sites (tertiary alicyclic amines) is 1. The number of rotatable bonds is 19. The smallest absolute Gasteiger partial charge is 0.246 e. The van der Waals surface area contributed by atoms with Crippen LogP contribution in [0.2, 0.25) is 5.02 Å². The standard InChI is InChI=1S/C54H62ClN9O7S2/c1-31-33(3)73-53-46(31)47(36-18-20-38(55)21-19-36)59-42(50-62-61-34(4)64(50)53)26-44(66)58-39-12-11-13-41(24-39)71-23-10-8-9-22-70-29-45(67)60-49(54(5,6)7)52(69)63-28-40(65)25-43(63)51(68)56-27-35-14-16-37(17-15-35)48-32(2)57-30-72-48/h11-21,24,30,40,42-43,49,65H,8-10,22-23,25-29H2,1-7H3,(H,56,68)(H,58,66)(H,60,67)/t40-,42+,43+,49-/m1/s1. The van der Waals surface area contributed by atoms with E-state index >= 15 is 0 Å². The Morgan fingerprint density at radius 3 is 2.38 bits per heavy atom. The molecule has 19 heteroatoms. The van der Waals surface area contributed by atoms with Crippen molar-refractivity contribution in [2.75, 3.05) is 31.7 Å². The molecule has 384 valence electrons. The third kappa shape index (κ3) is 12.7. The first-order valence-electron chi connectivity index (χ1n) is 24.5. The number of halogens is 1. The van der Waals surface area contributed by atoms with E-state index in [1.54, 1.807) is 28.7 Å². The fourth-order valence-electron chi connectivity index (χ4n) is 9.00. The molecule has 0 radical (unpaired) electrons. The summed E-state index contributed by atoms with van der Waals surface area (Å²) in [4.78, 5) is 67.6. The van der Waals surface area contributed by atoms with Gasteiger partial charge in [-0.05, 0) is 93.3 Å². The van der Waals surface area contributed by atoms with E-state index in [0.717, 1.165) is 66.8 Å². The summed E-state index contributed by atoms with van der Waals surface area (Å²) in [6.45, 7) is 14.3. The molecule has 4 amide bonds. The second-order valence-corrected chi connectivity index (χ2v) is 22.1. The lowest BCUT2D eigenvalue weighted by Gasteiger charge is -2.35. The molecule has 0 aliphatic carbocycles. The number of ether oxygens (including phenoxy) is 2. The lowest BCUT2D eigenvalue weighted by molar-refractivity contribution is -0.144. The number of amides is 4. The average Bonchev–Trinajstić information content (AvgIpc) is 4.13. The molecule has 0 spiro atoms. The molecule has 4 atom stereocenters. The molecule has 73 heavy (non-hydrogen) atoms. The number of nitrogens with zero attached hydrogens (tertiary/aromatic N) is 6. The lowest BCUT2D eigenvalue weighted by atomic mass is 9.85. The molecular formula is C54H62ClN9O7S2. The van der Waals surface area contributed by atoms with Crippen molar-refractivity contribution in [3.8, 4) is 21.2 Å². The number of hydrogen-bond donors (Lipinski definition) is 4. The zero-order valence-corrected chi connectivity index (χ0v) is 44.5. The van der Waals surface area contributed by atoms with Crippen molar-refractivity contribution in [1.82, 2.24) is 35.3 Å². The summed E-state index contributed by atoms with van der Waals surface area (Å²) in [5.74, 6) is 0.423. The number of thiazole rings is 1. The van der Waals surface area contributed by atoms with E-state index in [0.29, 0.717) is 47.7 Å². The topological polar surface area (TPSA) is 202 Å². The molecule has 6 aromatic rings. The molecule has 0 unspecified atom stereocenters. The number of aromatic nitrogens is 4. The van der Waals surface area contributed by atoms with E-state index < -0.39 is 41.5 Å². The Labute approximate surface area is 438 Å². The van der Waals surface area contributed by atoms with E-state index in [-0.39, 0.29) is 44.4 Å². The van der Waals surface area contributed by atoms with Crippen molar-refractivity contribution in [3.05, 3.63) is 128 Å². The number of thiophene rings is 1. The molecule has 1 saturated heterocycles. The van der Waals surface area contributed by atoms with E-state index in [1.165, 1.54) is 4.90 Å². The van der Waals surface area contributed by atoms with Gasteiger partial charge in [0.05, 0.1) is 40.9 Å². The van der Waals surface area contributed by atoms with E-state index in [4.69, 9.17) is 26.1 Å². The summed E-state index contributed by atoms with van der Waals surface area (Å²) >= 11 is 9.49. The van der Waals surface area contributed by atoms with Crippen LogP contribution in [0.3, 0.4) is 0 Å². The van der Waals surface area contributed by atoms with Gasteiger partial charge >= 0.3 is 0 Å². The van der Waals surface area contributed by atoms with Gasteiger partial charge < -0.3 is 35.4 Å². The zero-order chi connectivity index (χ0) is 52.0. The lowest BCUT2D eigenvalue weighted by Crippen LogP contribution is -2.58. The molecule has 3 aromatic carbocycles. The van der Waals surface area contributed by atoms with Crippen molar-refractivity contribution in [3.63, 3.8) is 0 Å². The first-order valence-corrected chi connectivity index (χ1v) is 26.5. The maximum Gasteiger partial charge on any atom is 0.246 e. The Kier molecular flexibility index (Phi) is 16.9. The van der Waals surface area contributed by atoms with Gasteiger partial charge in [0.25, 0.3) is 0 Å². The Morgan fingerprint density at radius 1 is 0.918 bits per heavy atom. The number of aliphatic hydroxyl groups excluding tert-OH is 1. The number of fused-ring (bicyclic) bond motifs is 3. The quantitative estimate of drug-likeness (QED) is 0.0569. The maximum atomic E-state index is 14.0. The van der Waals surface area contributed by atoms with Crippen molar-refractivity contribution in [2.24, 2.45) is 10.4 Å². The van der Waals surface area contributed by atoms with E-state index in [9.17, 15) is 24.3 Å². The summed E-state index contributed by atoms with van der Waals surface area (Å²) in [7, 11) is 0. The zero-order valence-electron chi connectivity index (χ0n) is 42.2. The highest BCUT2D eigenvalue weighted by Gasteiger charge is 2.44. The molecule has 16 nitrogen and oxygen atoms in total. The average molecular weight is 1050 g/mol. The van der Waals surface area contributed by atoms with Crippen molar-refractivity contribution < 1.29 is 33.8 Å². The number of aliphatic imine (C=N–C) groups is 1. The first-order chi connectivity index (χ1) is 34.9. The van der Waals surface area contributed by atoms with Crippen LogP contribution in [-0.4, -0.2) is 104 Å². The molecule has 4 N–H and O–H groups in total. The van der Waals surface area contributed by atoms with Crippen LogP contribution in [0.1, 0.15) is 103 Å². The predicted octanol–water partition coefficient (Wildman–Crippen LogP) is 8.64. The van der Waals surface area contributed by atoms with Crippen LogP contribution in [0.25, 0.3) is 15.4 Å². The van der Waals surface area contributed by atoms with Crippen LogP contribution in [0.4, 0.5) is 5.69 Å². The highest BCUT2D eigenvalue weighted by molar-refractivity contribution is 7.15. The third-order valence-corrected chi connectivity index (χ3v) is 15.4. The van der Waals surface area contributed by atoms with Crippen LogP contribution in [0.5, 0.6) is 5.75 Å². The van der Waals surface area contributed by atoms with Crippen LogP contribution in [0, 0.1) is 33.1 Å². The Bertz CT molecular complexity index is 2980. The number of β-amino-alcohol motifs (C(OH)–C–C–N with tert-alkyl or cyclic N) is 1. The fraction of sp³-hybridized carbons (Fsp3) is 0.407. The number of aryl methyl sites for hydroxylation is 3. The molecule has 5 heterocycles. The maximum absolute atomic E-state index is 14.0. The summed E-state index contributed by atoms with van der Waals surface area (Å²) < 4.78 is 13.8. The van der Waals surface area contributed by atoms with Gasteiger partial charge in [0.1, 0.15) is 41.3 Å². The highest BCUT2D eigenvalue weighted by Crippen LogP contribution is 2.40. The van der Waals surface area contributed by atoms with Crippen LogP contribution < -0.4 is 20.7 Å². The second-order valence-electron chi connectivity index (χ2n) is 19.6. The summed E-state index contributed by atoms with van der Waals surface area (Å²) in [5, 5.41) is 29.9. The molecule has 8 rings (SSSR count). The van der Waals surface area contributed by atoms with Gasteiger partial charge in [-0.15, -0.1) is 32.9 Å². The van der Waals surface area contributed by atoms with E-state index in [1.807, 2.05) is 111 Å². The van der Waals surface area contributed by atoms with Gasteiger partial charge in [0.2, 0.25) is 23.6 Å². The molecule has 2 aliphatic heterocycles. The molecule has 0 saturated carbocycles. The SMILES string of the molecule is Cc1ncsc1-c1ccc(CNC(=O)[C@@H]2C[C@@H](O)CN2C(=O)[C@@H](NC(=O)COCCCCCOc2cccc(NC(=O)C[C@@H]3N=C(c4ccc(Cl)cc4)c4c(sc(C)c4C)-n4c(C)nnc43)c2)C(C)(C)C)cc1. The molecule has 1 fully saturated rings. The number of carbonyl (C=O) groups is 4. The Morgan fingerprint density at radius 2 is 1.66 bits per heavy atom. The van der Waals surface area contributed by atoms with Gasteiger partial charge in [0.15, 0.2) is 5.82 Å². The highest BCUT2D eigenvalue weighted by atomic mass is 35.5. The predicted molar refractivity (Wildman–Crippen MR) is 285 cm³/mol. The van der Waals surface area contributed by atoms with Crippen LogP contribution >= 0.6 is 34.3 Å². The number of carbonyl (C=O) groups excluding carboxylic acids is 4. The van der Waals surface area contributed by atoms with Crippen molar-refractivity contribution in [2.45, 2.75) is 111 Å². The number of aliphatic hydroxyl groups is 1. The third-order valence-electron chi connectivity index (χ3n) is 13.0. The molecule has 0 bridgehead atoms. The minimum absolute atomic E-state index is 0.0164. The molecule has 3 aromatic heterocycles. The van der Waals surface area contributed by atoms with Gasteiger partial charge in [0, 0.05) is 58.9 Å². The summed E-state index contributed by atoms with van der Waals surface area (Å²) in [5.41, 5.74) is 8.38. The number of nitrogens with one attached hydrogen (secondary N) is 3. The monoisotopic (exact) mass is 1050 g/mol. The number of anilines is 1. The van der Waals surface area contributed by atoms with Crippen LogP contribution in [0.15, 0.2) is 83.3 Å². The molecular weight excluding hydrogens is 986 g/mol. The van der Waals surface area contributed by atoms with Gasteiger partial charge in [-0.25, -0.2) is 4.98 Å². The first kappa shape index (κ1) is 53.0. The van der Waals surface area contributed by atoms with Crippen molar-refractivity contribution >= 4 is 69.3 Å². The summed E-state index contributed by atoms with van der Waals surface area (Å²) in [6, 6.07) is 20.2. The van der Waals surface area contributed by atoms with E-state index in [2.05, 4.69) is 45.0 Å². The van der Waals surface area contributed by atoms with Crippen molar-refractivity contribution in [1.29, 1.82) is 0 Å². The number of unbranched alkanes of at least 4 members (excludes halogenated alkanes) is 2. The van der Waals surface area contributed by atoms with Gasteiger partial charge in [-0.2, -0.15) is 0 Å². The fourth-order valence-corrected chi connectivity index (χ4v) is 11.2. The number of benzene rings is 3. The Balaban J connectivity index is 0.769. The second kappa shape index (κ2) is 23.3.